The summed E-state index contributed by atoms with van der Waals surface area (Å²) in [5, 5.41) is 10.5. The van der Waals surface area contributed by atoms with Gasteiger partial charge in [0, 0.05) is 12.0 Å². The van der Waals surface area contributed by atoms with Crippen molar-refractivity contribution in [1.82, 2.24) is 9.55 Å². The highest BCUT2D eigenvalue weighted by molar-refractivity contribution is 5.76. The highest BCUT2D eigenvalue weighted by Gasteiger charge is 2.16. The molecule has 0 aliphatic heterocycles. The largest absolute Gasteiger partial charge is 0.497 e. The third-order valence-corrected chi connectivity index (χ3v) is 4.08. The summed E-state index contributed by atoms with van der Waals surface area (Å²) in [5.74, 6) is 2.66. The Bertz CT molecular complexity index is 842. The standard InChI is InChI=1S/C20H24N2O3/c1-14(2)20-21-18-9-4-5-10-19(18)22(20)12-15(23)13-25-17-8-6-7-16(11-17)24-3/h4-11,14-15,23H,12-13H2,1-3H3/t15-/m0/s1. The molecule has 2 aromatic carbocycles. The van der Waals surface area contributed by atoms with E-state index in [-0.39, 0.29) is 12.5 Å². The lowest BCUT2D eigenvalue weighted by molar-refractivity contribution is 0.0924. The number of aliphatic hydroxyl groups is 1. The van der Waals surface area contributed by atoms with E-state index in [0.29, 0.717) is 12.3 Å². The lowest BCUT2D eigenvalue weighted by Crippen LogP contribution is -2.24. The minimum Gasteiger partial charge on any atom is -0.497 e. The van der Waals surface area contributed by atoms with Gasteiger partial charge in [-0.2, -0.15) is 0 Å². The van der Waals surface area contributed by atoms with Gasteiger partial charge in [0.2, 0.25) is 0 Å². The number of hydrogen-bond donors (Lipinski definition) is 1. The molecule has 1 atom stereocenters. The van der Waals surface area contributed by atoms with Crippen LogP contribution in [0.5, 0.6) is 11.5 Å². The number of nitrogens with zero attached hydrogens (tertiary/aromatic N) is 2. The van der Waals surface area contributed by atoms with Gasteiger partial charge in [-0.05, 0) is 24.3 Å². The van der Waals surface area contributed by atoms with E-state index in [1.807, 2.05) is 42.5 Å². The van der Waals surface area contributed by atoms with E-state index in [9.17, 15) is 5.11 Å². The minimum atomic E-state index is -0.638. The summed E-state index contributed by atoms with van der Waals surface area (Å²) in [6, 6.07) is 15.4. The fraction of sp³-hybridized carbons (Fsp3) is 0.350. The molecule has 0 fully saturated rings. The van der Waals surface area contributed by atoms with E-state index in [1.165, 1.54) is 0 Å². The van der Waals surface area contributed by atoms with Crippen LogP contribution in [0.2, 0.25) is 0 Å². The van der Waals surface area contributed by atoms with E-state index < -0.39 is 6.10 Å². The molecule has 0 unspecified atom stereocenters. The molecular weight excluding hydrogens is 316 g/mol. The van der Waals surface area contributed by atoms with Crippen molar-refractivity contribution in [2.45, 2.75) is 32.4 Å². The second kappa shape index (κ2) is 7.57. The van der Waals surface area contributed by atoms with Gasteiger partial charge in [-0.15, -0.1) is 0 Å². The number of rotatable bonds is 7. The highest BCUT2D eigenvalue weighted by atomic mass is 16.5. The van der Waals surface area contributed by atoms with Crippen LogP contribution in [0.1, 0.15) is 25.6 Å². The first-order valence-corrected chi connectivity index (χ1v) is 8.48. The second-order valence-corrected chi connectivity index (χ2v) is 6.37. The lowest BCUT2D eigenvalue weighted by Gasteiger charge is -2.17. The summed E-state index contributed by atoms with van der Waals surface area (Å²) in [4.78, 5) is 4.70. The van der Waals surface area contributed by atoms with E-state index >= 15 is 0 Å². The van der Waals surface area contributed by atoms with E-state index in [0.717, 1.165) is 22.6 Å². The van der Waals surface area contributed by atoms with Gasteiger partial charge in [-0.1, -0.05) is 32.0 Å². The quantitative estimate of drug-likeness (QED) is 0.714. The topological polar surface area (TPSA) is 56.5 Å². The molecule has 1 heterocycles. The fourth-order valence-corrected chi connectivity index (χ4v) is 2.87. The molecule has 5 heteroatoms. The molecule has 1 N–H and O–H groups in total. The molecule has 0 spiro atoms. The number of ether oxygens (including phenoxy) is 2. The van der Waals surface area contributed by atoms with E-state index in [4.69, 9.17) is 14.5 Å². The van der Waals surface area contributed by atoms with Crippen LogP contribution in [-0.2, 0) is 6.54 Å². The van der Waals surface area contributed by atoms with Crippen LogP contribution in [0.4, 0.5) is 0 Å². The van der Waals surface area contributed by atoms with Crippen LogP contribution in [-0.4, -0.2) is 34.5 Å². The van der Waals surface area contributed by atoms with Crippen LogP contribution >= 0.6 is 0 Å². The Kier molecular flexibility index (Phi) is 5.24. The molecular formula is C20H24N2O3. The van der Waals surface area contributed by atoms with Crippen LogP contribution < -0.4 is 9.47 Å². The van der Waals surface area contributed by atoms with Gasteiger partial charge in [0.1, 0.15) is 30.0 Å². The Balaban J connectivity index is 1.73. The van der Waals surface area contributed by atoms with Crippen LogP contribution in [0.3, 0.4) is 0 Å². The van der Waals surface area contributed by atoms with Crippen molar-refractivity contribution in [2.75, 3.05) is 13.7 Å². The van der Waals surface area contributed by atoms with Gasteiger partial charge in [0.25, 0.3) is 0 Å². The van der Waals surface area contributed by atoms with Gasteiger partial charge in [0.15, 0.2) is 0 Å². The molecule has 0 bridgehead atoms. The maximum absolute atomic E-state index is 10.5. The van der Waals surface area contributed by atoms with Gasteiger partial charge < -0.3 is 19.1 Å². The number of aliphatic hydroxyl groups excluding tert-OH is 1. The van der Waals surface area contributed by atoms with Crippen molar-refractivity contribution in [3.63, 3.8) is 0 Å². The molecule has 132 valence electrons. The summed E-state index contributed by atoms with van der Waals surface area (Å²) in [6.07, 6.45) is -0.638. The minimum absolute atomic E-state index is 0.206. The summed E-state index contributed by atoms with van der Waals surface area (Å²) in [6.45, 7) is 4.86. The van der Waals surface area contributed by atoms with Crippen molar-refractivity contribution in [2.24, 2.45) is 0 Å². The zero-order valence-electron chi connectivity index (χ0n) is 14.8. The highest BCUT2D eigenvalue weighted by Crippen LogP contribution is 2.23. The predicted molar refractivity (Wildman–Crippen MR) is 98.3 cm³/mol. The zero-order valence-corrected chi connectivity index (χ0v) is 14.8. The Morgan fingerprint density at radius 1 is 1.08 bits per heavy atom. The number of fused-ring (bicyclic) bond motifs is 1. The van der Waals surface area contributed by atoms with Gasteiger partial charge in [-0.3, -0.25) is 0 Å². The predicted octanol–water partition coefficient (Wildman–Crippen LogP) is 3.61. The smallest absolute Gasteiger partial charge is 0.123 e. The molecule has 5 nitrogen and oxygen atoms in total. The molecule has 0 saturated heterocycles. The summed E-state index contributed by atoms with van der Waals surface area (Å²) < 4.78 is 13.0. The lowest BCUT2D eigenvalue weighted by atomic mass is 10.2. The monoisotopic (exact) mass is 340 g/mol. The molecule has 0 aliphatic carbocycles. The van der Waals surface area contributed by atoms with Gasteiger partial charge >= 0.3 is 0 Å². The molecule has 0 aliphatic rings. The fourth-order valence-electron chi connectivity index (χ4n) is 2.87. The number of hydrogen-bond acceptors (Lipinski definition) is 4. The van der Waals surface area contributed by atoms with Crippen LogP contribution in [0.25, 0.3) is 11.0 Å². The molecule has 25 heavy (non-hydrogen) atoms. The molecule has 0 radical (unpaired) electrons. The third-order valence-electron chi connectivity index (χ3n) is 4.08. The number of aromatic nitrogens is 2. The average Bonchev–Trinajstić information content (AvgIpc) is 2.99. The van der Waals surface area contributed by atoms with Gasteiger partial charge in [0.05, 0.1) is 24.7 Å². The maximum atomic E-state index is 10.5. The van der Waals surface area contributed by atoms with Crippen LogP contribution in [0.15, 0.2) is 48.5 Å². The first-order valence-electron chi connectivity index (χ1n) is 8.48. The van der Waals surface area contributed by atoms with Crippen LogP contribution in [0, 0.1) is 0 Å². The Hall–Kier alpha value is -2.53. The molecule has 1 aromatic heterocycles. The van der Waals surface area contributed by atoms with Crippen molar-refractivity contribution in [3.05, 3.63) is 54.4 Å². The van der Waals surface area contributed by atoms with Crippen molar-refractivity contribution < 1.29 is 14.6 Å². The van der Waals surface area contributed by atoms with Gasteiger partial charge in [-0.25, -0.2) is 4.98 Å². The van der Waals surface area contributed by atoms with E-state index in [1.54, 1.807) is 13.2 Å². The second-order valence-electron chi connectivity index (χ2n) is 6.37. The van der Waals surface area contributed by atoms with Crippen molar-refractivity contribution in [1.29, 1.82) is 0 Å². The van der Waals surface area contributed by atoms with Crippen molar-refractivity contribution >= 4 is 11.0 Å². The SMILES string of the molecule is COc1cccc(OC[C@@H](O)Cn2c(C(C)C)nc3ccccc32)c1. The molecule has 0 amide bonds. The number of methoxy groups -OCH3 is 1. The zero-order chi connectivity index (χ0) is 17.8. The number of para-hydroxylation sites is 2. The summed E-state index contributed by atoms with van der Waals surface area (Å²) in [7, 11) is 1.62. The first-order chi connectivity index (χ1) is 12.1. The first kappa shape index (κ1) is 17.3. The normalized spacial score (nSPS) is 12.5. The Labute approximate surface area is 147 Å². The Morgan fingerprint density at radius 2 is 1.84 bits per heavy atom. The Morgan fingerprint density at radius 3 is 2.60 bits per heavy atom. The maximum Gasteiger partial charge on any atom is 0.123 e. The summed E-state index contributed by atoms with van der Waals surface area (Å²) >= 11 is 0. The molecule has 3 rings (SSSR count). The van der Waals surface area contributed by atoms with Crippen molar-refractivity contribution in [3.8, 4) is 11.5 Å². The average molecular weight is 340 g/mol. The molecule has 3 aromatic rings. The molecule has 0 saturated carbocycles. The number of imidazole rings is 1. The summed E-state index contributed by atoms with van der Waals surface area (Å²) in [5.41, 5.74) is 1.98. The third kappa shape index (κ3) is 3.94. The number of benzene rings is 2. The van der Waals surface area contributed by atoms with E-state index in [2.05, 4.69) is 18.4 Å².